The molecule has 0 radical (unpaired) electrons. The van der Waals surface area contributed by atoms with E-state index < -0.39 is 5.82 Å². The number of hydrogen-bond acceptors (Lipinski definition) is 3. The van der Waals surface area contributed by atoms with E-state index in [2.05, 4.69) is 10.3 Å². The van der Waals surface area contributed by atoms with Crippen LogP contribution >= 0.6 is 0 Å². The van der Waals surface area contributed by atoms with Crippen molar-refractivity contribution < 1.29 is 9.18 Å². The monoisotopic (exact) mass is 259 g/mol. The number of carbonyl (C=O) groups is 1. The van der Waals surface area contributed by atoms with Gasteiger partial charge in [-0.2, -0.15) is 0 Å². The largest absolute Gasteiger partial charge is 0.399 e. The Balaban J connectivity index is 2.04. The van der Waals surface area contributed by atoms with Gasteiger partial charge in [-0.1, -0.05) is 12.1 Å². The SMILES string of the molecule is Cc1c(N)cccc1CNC(=O)c1ccc(F)cn1. The van der Waals surface area contributed by atoms with E-state index in [4.69, 9.17) is 5.73 Å². The molecule has 19 heavy (non-hydrogen) atoms. The lowest BCUT2D eigenvalue weighted by Gasteiger charge is -2.09. The van der Waals surface area contributed by atoms with Crippen molar-refractivity contribution >= 4 is 11.6 Å². The van der Waals surface area contributed by atoms with Gasteiger partial charge in [-0.15, -0.1) is 0 Å². The summed E-state index contributed by atoms with van der Waals surface area (Å²) in [5.41, 5.74) is 8.54. The molecule has 0 fully saturated rings. The van der Waals surface area contributed by atoms with E-state index in [-0.39, 0.29) is 11.6 Å². The number of nitrogen functional groups attached to an aromatic ring is 1. The minimum atomic E-state index is -0.469. The molecule has 98 valence electrons. The summed E-state index contributed by atoms with van der Waals surface area (Å²) in [6.45, 7) is 2.25. The molecule has 2 rings (SSSR count). The van der Waals surface area contributed by atoms with Crippen molar-refractivity contribution in [3.05, 3.63) is 59.2 Å². The van der Waals surface area contributed by atoms with Gasteiger partial charge in [-0.25, -0.2) is 9.37 Å². The number of anilines is 1. The van der Waals surface area contributed by atoms with Gasteiger partial charge in [0.2, 0.25) is 0 Å². The predicted molar refractivity (Wildman–Crippen MR) is 71.0 cm³/mol. The number of benzene rings is 1. The van der Waals surface area contributed by atoms with Crippen LogP contribution in [0.2, 0.25) is 0 Å². The molecule has 1 amide bonds. The number of halogens is 1. The van der Waals surface area contributed by atoms with E-state index >= 15 is 0 Å². The average Bonchev–Trinajstić information content (AvgIpc) is 2.41. The zero-order valence-corrected chi connectivity index (χ0v) is 10.5. The Hall–Kier alpha value is -2.43. The second-order valence-electron chi connectivity index (χ2n) is 4.18. The Kier molecular flexibility index (Phi) is 3.75. The van der Waals surface area contributed by atoms with E-state index in [1.165, 1.54) is 12.1 Å². The van der Waals surface area contributed by atoms with Gasteiger partial charge < -0.3 is 11.1 Å². The van der Waals surface area contributed by atoms with Gasteiger partial charge in [0, 0.05) is 12.2 Å². The molecule has 5 heteroatoms. The van der Waals surface area contributed by atoms with Gasteiger partial charge in [-0.3, -0.25) is 4.79 Å². The summed E-state index contributed by atoms with van der Waals surface area (Å²) in [7, 11) is 0. The summed E-state index contributed by atoms with van der Waals surface area (Å²) >= 11 is 0. The van der Waals surface area contributed by atoms with Crippen LogP contribution in [0.4, 0.5) is 10.1 Å². The molecule has 0 bridgehead atoms. The van der Waals surface area contributed by atoms with Crippen LogP contribution in [0.25, 0.3) is 0 Å². The number of aromatic nitrogens is 1. The number of amides is 1. The molecule has 0 aliphatic rings. The maximum Gasteiger partial charge on any atom is 0.270 e. The van der Waals surface area contributed by atoms with Gasteiger partial charge in [0.15, 0.2) is 0 Å². The van der Waals surface area contributed by atoms with Crippen molar-refractivity contribution in [3.63, 3.8) is 0 Å². The molecule has 1 aromatic carbocycles. The van der Waals surface area contributed by atoms with Gasteiger partial charge >= 0.3 is 0 Å². The molecule has 0 aliphatic heterocycles. The molecule has 0 atom stereocenters. The average molecular weight is 259 g/mol. The second-order valence-corrected chi connectivity index (χ2v) is 4.18. The van der Waals surface area contributed by atoms with Gasteiger partial charge in [0.1, 0.15) is 11.5 Å². The summed E-state index contributed by atoms with van der Waals surface area (Å²) in [4.78, 5) is 15.5. The Morgan fingerprint density at radius 1 is 1.37 bits per heavy atom. The minimum absolute atomic E-state index is 0.183. The first kappa shape index (κ1) is 13.0. The van der Waals surface area contributed by atoms with E-state index in [1.807, 2.05) is 25.1 Å². The summed E-state index contributed by atoms with van der Waals surface area (Å²) in [6.07, 6.45) is 1.01. The molecule has 0 saturated heterocycles. The highest BCUT2D eigenvalue weighted by atomic mass is 19.1. The lowest BCUT2D eigenvalue weighted by Crippen LogP contribution is -2.24. The molecule has 4 nitrogen and oxygen atoms in total. The molecule has 0 saturated carbocycles. The third kappa shape index (κ3) is 3.07. The highest BCUT2D eigenvalue weighted by molar-refractivity contribution is 5.92. The summed E-state index contributed by atoms with van der Waals surface area (Å²) in [5, 5.41) is 2.72. The van der Waals surface area contributed by atoms with Crippen LogP contribution in [0.15, 0.2) is 36.5 Å². The Bertz CT molecular complexity index is 596. The fraction of sp³-hybridized carbons (Fsp3) is 0.143. The molecule has 0 spiro atoms. The van der Waals surface area contributed by atoms with Crippen molar-refractivity contribution in [2.75, 3.05) is 5.73 Å². The van der Waals surface area contributed by atoms with Crippen LogP contribution in [-0.4, -0.2) is 10.9 Å². The van der Waals surface area contributed by atoms with E-state index in [0.717, 1.165) is 17.3 Å². The standard InChI is InChI=1S/C14H14FN3O/c1-9-10(3-2-4-12(9)16)7-18-14(19)13-6-5-11(15)8-17-13/h2-6,8H,7,16H2,1H3,(H,18,19). The zero-order chi connectivity index (χ0) is 13.8. The molecular weight excluding hydrogens is 245 g/mol. The normalized spacial score (nSPS) is 10.2. The van der Waals surface area contributed by atoms with Crippen LogP contribution < -0.4 is 11.1 Å². The van der Waals surface area contributed by atoms with Gasteiger partial charge in [-0.05, 0) is 36.2 Å². The van der Waals surface area contributed by atoms with Gasteiger partial charge in [0.25, 0.3) is 5.91 Å². The van der Waals surface area contributed by atoms with Gasteiger partial charge in [0.05, 0.1) is 6.20 Å². The third-order valence-electron chi connectivity index (χ3n) is 2.89. The van der Waals surface area contributed by atoms with E-state index in [0.29, 0.717) is 12.2 Å². The lowest BCUT2D eigenvalue weighted by atomic mass is 10.1. The first-order valence-corrected chi connectivity index (χ1v) is 5.81. The van der Waals surface area contributed by atoms with Crippen LogP contribution in [0.3, 0.4) is 0 Å². The van der Waals surface area contributed by atoms with Crippen molar-refractivity contribution in [2.45, 2.75) is 13.5 Å². The molecule has 1 heterocycles. The van der Waals surface area contributed by atoms with Crippen LogP contribution in [-0.2, 0) is 6.54 Å². The van der Waals surface area contributed by atoms with Crippen LogP contribution in [0, 0.1) is 12.7 Å². The van der Waals surface area contributed by atoms with Crippen molar-refractivity contribution in [1.29, 1.82) is 0 Å². The smallest absolute Gasteiger partial charge is 0.270 e. The highest BCUT2D eigenvalue weighted by Crippen LogP contribution is 2.15. The second kappa shape index (κ2) is 5.48. The quantitative estimate of drug-likeness (QED) is 0.829. The molecule has 0 aliphatic carbocycles. The van der Waals surface area contributed by atoms with Crippen molar-refractivity contribution in [3.8, 4) is 0 Å². The number of nitrogens with zero attached hydrogens (tertiary/aromatic N) is 1. The summed E-state index contributed by atoms with van der Waals surface area (Å²) < 4.78 is 12.7. The Morgan fingerprint density at radius 3 is 2.84 bits per heavy atom. The number of hydrogen-bond donors (Lipinski definition) is 2. The first-order valence-electron chi connectivity index (χ1n) is 5.81. The zero-order valence-electron chi connectivity index (χ0n) is 10.5. The topological polar surface area (TPSA) is 68.0 Å². The number of pyridine rings is 1. The fourth-order valence-corrected chi connectivity index (χ4v) is 1.67. The van der Waals surface area contributed by atoms with E-state index in [9.17, 15) is 9.18 Å². The summed E-state index contributed by atoms with van der Waals surface area (Å²) in [5.74, 6) is -0.815. The molecule has 1 aromatic heterocycles. The third-order valence-corrected chi connectivity index (χ3v) is 2.89. The van der Waals surface area contributed by atoms with Crippen molar-refractivity contribution in [1.82, 2.24) is 10.3 Å². The molecule has 0 unspecified atom stereocenters. The maximum atomic E-state index is 12.7. The molecule has 3 N–H and O–H groups in total. The maximum absolute atomic E-state index is 12.7. The Morgan fingerprint density at radius 2 is 2.16 bits per heavy atom. The minimum Gasteiger partial charge on any atom is -0.399 e. The van der Waals surface area contributed by atoms with E-state index in [1.54, 1.807) is 0 Å². The number of nitrogens with two attached hydrogens (primary N) is 1. The first-order chi connectivity index (χ1) is 9.08. The number of carbonyl (C=O) groups excluding carboxylic acids is 1. The lowest BCUT2D eigenvalue weighted by molar-refractivity contribution is 0.0946. The van der Waals surface area contributed by atoms with Crippen LogP contribution in [0.1, 0.15) is 21.6 Å². The highest BCUT2D eigenvalue weighted by Gasteiger charge is 2.08. The Labute approximate surface area is 110 Å². The predicted octanol–water partition coefficient (Wildman–Crippen LogP) is 2.04. The molecule has 2 aromatic rings. The summed E-state index contributed by atoms with van der Waals surface area (Å²) in [6, 6.07) is 8.08. The number of nitrogens with one attached hydrogen (secondary N) is 1. The van der Waals surface area contributed by atoms with Crippen molar-refractivity contribution in [2.24, 2.45) is 0 Å². The molecular formula is C14H14FN3O. The number of rotatable bonds is 3. The fourth-order valence-electron chi connectivity index (χ4n) is 1.67. The van der Waals surface area contributed by atoms with Crippen LogP contribution in [0.5, 0.6) is 0 Å².